The molecule has 2 amide bonds. The van der Waals surface area contributed by atoms with E-state index in [1.165, 1.54) is 24.1 Å². The molecule has 0 aliphatic rings. The number of likely N-dealkylation sites (N-methyl/N-ethyl adjacent to an activating group) is 2. The van der Waals surface area contributed by atoms with Crippen LogP contribution in [0.4, 0.5) is 0 Å². The zero-order chi connectivity index (χ0) is 19.0. The monoisotopic (exact) mass is 369 g/mol. The molecule has 0 aromatic heterocycles. The Balaban J connectivity index is 2.50. The van der Waals surface area contributed by atoms with Crippen LogP contribution < -0.4 is 4.72 Å². The average molecular weight is 369 g/mol. The molecule has 0 atom stereocenters. The van der Waals surface area contributed by atoms with E-state index in [0.29, 0.717) is 13.1 Å². The summed E-state index contributed by atoms with van der Waals surface area (Å²) in [5.41, 5.74) is 0.966. The fourth-order valence-corrected chi connectivity index (χ4v) is 3.28. The minimum atomic E-state index is -3.64. The molecule has 1 N–H and O–H groups in total. The van der Waals surface area contributed by atoms with Gasteiger partial charge in [-0.15, -0.1) is 0 Å². The van der Waals surface area contributed by atoms with Crippen molar-refractivity contribution in [1.82, 2.24) is 14.5 Å². The molecule has 8 heteroatoms. The summed E-state index contributed by atoms with van der Waals surface area (Å²) in [7, 11) is -2.10. The maximum absolute atomic E-state index is 12.1. The van der Waals surface area contributed by atoms with Crippen molar-refractivity contribution in [2.75, 3.05) is 33.2 Å². The molecule has 0 spiro atoms. The summed E-state index contributed by atoms with van der Waals surface area (Å²) in [6, 6.07) is 6.47. The second kappa shape index (κ2) is 9.53. The quantitative estimate of drug-likeness (QED) is 0.703. The van der Waals surface area contributed by atoms with Gasteiger partial charge in [-0.3, -0.25) is 9.59 Å². The Hall–Kier alpha value is -1.93. The van der Waals surface area contributed by atoms with Gasteiger partial charge in [0, 0.05) is 33.1 Å². The van der Waals surface area contributed by atoms with E-state index in [1.54, 1.807) is 17.0 Å². The number of rotatable bonds is 9. The highest BCUT2D eigenvalue weighted by atomic mass is 32.2. The number of benzene rings is 1. The Bertz CT molecular complexity index is 682. The van der Waals surface area contributed by atoms with Crippen LogP contribution in [-0.4, -0.2) is 63.3 Å². The highest BCUT2D eigenvalue weighted by Crippen LogP contribution is 2.09. The SMILES string of the molecule is CCN(CC)C(=O)CN(C)C(=O)CCNS(=O)(=O)c1ccc(C)cc1. The first kappa shape index (κ1) is 21.1. The first-order chi connectivity index (χ1) is 11.7. The second-order valence-corrected chi connectivity index (χ2v) is 7.54. The summed E-state index contributed by atoms with van der Waals surface area (Å²) >= 11 is 0. The molecular formula is C17H27N3O4S. The smallest absolute Gasteiger partial charge is 0.242 e. The molecule has 0 radical (unpaired) electrons. The molecule has 1 rings (SSSR count). The van der Waals surface area contributed by atoms with E-state index in [4.69, 9.17) is 0 Å². The molecule has 140 valence electrons. The number of aryl methyl sites for hydroxylation is 1. The van der Waals surface area contributed by atoms with Gasteiger partial charge in [0.15, 0.2) is 0 Å². The second-order valence-electron chi connectivity index (χ2n) is 5.78. The van der Waals surface area contributed by atoms with E-state index in [-0.39, 0.29) is 36.2 Å². The van der Waals surface area contributed by atoms with Crippen molar-refractivity contribution < 1.29 is 18.0 Å². The molecule has 0 aliphatic carbocycles. The predicted octanol–water partition coefficient (Wildman–Crippen LogP) is 0.990. The van der Waals surface area contributed by atoms with Gasteiger partial charge in [0.2, 0.25) is 21.8 Å². The lowest BCUT2D eigenvalue weighted by molar-refractivity contribution is -0.139. The van der Waals surface area contributed by atoms with Crippen LogP contribution in [0.1, 0.15) is 25.8 Å². The molecule has 25 heavy (non-hydrogen) atoms. The fraction of sp³-hybridized carbons (Fsp3) is 0.529. The van der Waals surface area contributed by atoms with E-state index < -0.39 is 10.0 Å². The number of nitrogens with one attached hydrogen (secondary N) is 1. The summed E-state index contributed by atoms with van der Waals surface area (Å²) in [5, 5.41) is 0. The summed E-state index contributed by atoms with van der Waals surface area (Å²) < 4.78 is 26.7. The molecule has 1 aromatic rings. The van der Waals surface area contributed by atoms with Crippen LogP contribution in [0.2, 0.25) is 0 Å². The molecule has 0 saturated carbocycles. The molecule has 0 unspecified atom stereocenters. The summed E-state index contributed by atoms with van der Waals surface area (Å²) in [6.07, 6.45) is -0.00682. The third-order valence-corrected chi connectivity index (χ3v) is 5.35. The predicted molar refractivity (Wildman–Crippen MR) is 96.5 cm³/mol. The number of carbonyl (C=O) groups excluding carboxylic acids is 2. The van der Waals surface area contributed by atoms with Crippen molar-refractivity contribution in [2.45, 2.75) is 32.1 Å². The van der Waals surface area contributed by atoms with Gasteiger partial charge >= 0.3 is 0 Å². The van der Waals surface area contributed by atoms with Crippen LogP contribution in [0.5, 0.6) is 0 Å². The molecule has 0 aliphatic heterocycles. The summed E-state index contributed by atoms with van der Waals surface area (Å²) in [5.74, 6) is -0.409. The van der Waals surface area contributed by atoms with Crippen LogP contribution in [0, 0.1) is 6.92 Å². The fourth-order valence-electron chi connectivity index (χ4n) is 2.25. The van der Waals surface area contributed by atoms with Crippen LogP contribution >= 0.6 is 0 Å². The van der Waals surface area contributed by atoms with Crippen LogP contribution in [0.25, 0.3) is 0 Å². The Morgan fingerprint density at radius 2 is 1.60 bits per heavy atom. The number of sulfonamides is 1. The third kappa shape index (κ3) is 6.47. The van der Waals surface area contributed by atoms with Crippen LogP contribution in [-0.2, 0) is 19.6 Å². The normalized spacial score (nSPS) is 11.2. The molecule has 0 saturated heterocycles. The molecule has 7 nitrogen and oxygen atoms in total. The Morgan fingerprint density at radius 3 is 2.12 bits per heavy atom. The number of nitrogens with zero attached hydrogens (tertiary/aromatic N) is 2. The van der Waals surface area contributed by atoms with E-state index in [2.05, 4.69) is 4.72 Å². The summed E-state index contributed by atoms with van der Waals surface area (Å²) in [6.45, 7) is 6.79. The van der Waals surface area contributed by atoms with Crippen molar-refractivity contribution in [3.63, 3.8) is 0 Å². The lowest BCUT2D eigenvalue weighted by Crippen LogP contribution is -2.41. The van der Waals surface area contributed by atoms with Gasteiger partial charge in [-0.1, -0.05) is 17.7 Å². The maximum Gasteiger partial charge on any atom is 0.242 e. The molecular weight excluding hydrogens is 342 g/mol. The van der Waals surface area contributed by atoms with Crippen molar-refractivity contribution >= 4 is 21.8 Å². The van der Waals surface area contributed by atoms with Gasteiger partial charge in [0.1, 0.15) is 0 Å². The van der Waals surface area contributed by atoms with Gasteiger partial charge < -0.3 is 9.80 Å². The number of hydrogen-bond donors (Lipinski definition) is 1. The zero-order valence-corrected chi connectivity index (χ0v) is 16.1. The maximum atomic E-state index is 12.1. The third-order valence-electron chi connectivity index (χ3n) is 3.88. The van der Waals surface area contributed by atoms with E-state index >= 15 is 0 Å². The van der Waals surface area contributed by atoms with Crippen molar-refractivity contribution in [3.05, 3.63) is 29.8 Å². The van der Waals surface area contributed by atoms with Gasteiger partial charge in [-0.2, -0.15) is 0 Å². The van der Waals surface area contributed by atoms with E-state index in [9.17, 15) is 18.0 Å². The average Bonchev–Trinajstić information content (AvgIpc) is 2.56. The molecule has 0 heterocycles. The minimum Gasteiger partial charge on any atom is -0.342 e. The lowest BCUT2D eigenvalue weighted by atomic mass is 10.2. The van der Waals surface area contributed by atoms with Crippen molar-refractivity contribution in [2.24, 2.45) is 0 Å². The topological polar surface area (TPSA) is 86.8 Å². The largest absolute Gasteiger partial charge is 0.342 e. The summed E-state index contributed by atoms with van der Waals surface area (Å²) in [4.78, 5) is 27.2. The Labute approximate surface area is 150 Å². The van der Waals surface area contributed by atoms with Crippen molar-refractivity contribution in [3.8, 4) is 0 Å². The highest BCUT2D eigenvalue weighted by Gasteiger charge is 2.18. The number of amides is 2. The van der Waals surface area contributed by atoms with Gasteiger partial charge in [-0.25, -0.2) is 13.1 Å². The van der Waals surface area contributed by atoms with Crippen LogP contribution in [0.3, 0.4) is 0 Å². The molecule has 0 fully saturated rings. The first-order valence-corrected chi connectivity index (χ1v) is 9.77. The number of hydrogen-bond acceptors (Lipinski definition) is 4. The number of carbonyl (C=O) groups is 2. The molecule has 0 bridgehead atoms. The van der Waals surface area contributed by atoms with Crippen LogP contribution in [0.15, 0.2) is 29.2 Å². The highest BCUT2D eigenvalue weighted by molar-refractivity contribution is 7.89. The lowest BCUT2D eigenvalue weighted by Gasteiger charge is -2.23. The van der Waals surface area contributed by atoms with Crippen molar-refractivity contribution in [1.29, 1.82) is 0 Å². The Morgan fingerprint density at radius 1 is 1.04 bits per heavy atom. The van der Waals surface area contributed by atoms with Gasteiger partial charge in [-0.05, 0) is 32.9 Å². The molecule has 1 aromatic carbocycles. The zero-order valence-electron chi connectivity index (χ0n) is 15.3. The van der Waals surface area contributed by atoms with E-state index in [1.807, 2.05) is 20.8 Å². The minimum absolute atomic E-state index is 0.00682. The Kier molecular flexibility index (Phi) is 8.05. The van der Waals surface area contributed by atoms with Gasteiger partial charge in [0.05, 0.1) is 11.4 Å². The standard InChI is InChI=1S/C17H27N3O4S/c1-5-20(6-2)17(22)13-19(4)16(21)11-12-18-25(23,24)15-9-7-14(3)8-10-15/h7-10,18H,5-6,11-13H2,1-4H3. The first-order valence-electron chi connectivity index (χ1n) is 8.29. The van der Waals surface area contributed by atoms with Gasteiger partial charge in [0.25, 0.3) is 0 Å². The van der Waals surface area contributed by atoms with E-state index in [0.717, 1.165) is 5.56 Å².